The Bertz CT molecular complexity index is 171. The van der Waals surface area contributed by atoms with Gasteiger partial charge < -0.3 is 10.0 Å². The number of aliphatic hydroxyl groups is 1. The highest BCUT2D eigenvalue weighted by Gasteiger charge is 2.06. The lowest BCUT2D eigenvalue weighted by Gasteiger charge is -2.20. The van der Waals surface area contributed by atoms with Crippen LogP contribution >= 0.6 is 0 Å². The summed E-state index contributed by atoms with van der Waals surface area (Å²) in [4.78, 5) is 22.9. The molecule has 4 heteroatoms. The summed E-state index contributed by atoms with van der Waals surface area (Å²) in [5, 5.41) is 8.66. The van der Waals surface area contributed by atoms with Crippen LogP contribution in [0.4, 0.5) is 0 Å². The molecule has 0 rings (SSSR count). The molecule has 0 aromatic rings. The summed E-state index contributed by atoms with van der Waals surface area (Å²) >= 11 is 0. The number of rotatable bonds is 9. The van der Waals surface area contributed by atoms with E-state index in [2.05, 4.69) is 11.8 Å². The maximum atomic E-state index is 10.8. The van der Waals surface area contributed by atoms with Gasteiger partial charge in [0.05, 0.1) is 0 Å². The van der Waals surface area contributed by atoms with Gasteiger partial charge in [0, 0.05) is 26.1 Å². The summed E-state index contributed by atoms with van der Waals surface area (Å²) in [6.07, 6.45) is 2.39. The molecular formula is C10H19NO3. The number of ketones is 1. The molecule has 82 valence electrons. The number of aldehydes is 1. The molecule has 0 saturated carbocycles. The Morgan fingerprint density at radius 3 is 2.57 bits per heavy atom. The van der Waals surface area contributed by atoms with Gasteiger partial charge in [0.15, 0.2) is 12.1 Å². The van der Waals surface area contributed by atoms with Crippen molar-refractivity contribution in [3.8, 4) is 0 Å². The predicted molar refractivity (Wildman–Crippen MR) is 54.1 cm³/mol. The Hall–Kier alpha value is -0.740. The summed E-state index contributed by atoms with van der Waals surface area (Å²) in [6.45, 7) is 4.54. The largest absolute Gasteiger partial charge is 0.396 e. The molecule has 1 N–H and O–H groups in total. The van der Waals surface area contributed by atoms with Crippen molar-refractivity contribution in [1.29, 1.82) is 0 Å². The van der Waals surface area contributed by atoms with Crippen LogP contribution in [0.1, 0.15) is 26.2 Å². The number of hydrogen-bond acceptors (Lipinski definition) is 4. The minimum Gasteiger partial charge on any atom is -0.396 e. The van der Waals surface area contributed by atoms with Crippen molar-refractivity contribution < 1.29 is 14.7 Å². The van der Waals surface area contributed by atoms with Gasteiger partial charge >= 0.3 is 0 Å². The van der Waals surface area contributed by atoms with E-state index in [1.807, 2.05) is 0 Å². The van der Waals surface area contributed by atoms with Gasteiger partial charge in [0.25, 0.3) is 0 Å². The van der Waals surface area contributed by atoms with Gasteiger partial charge in [0.1, 0.15) is 0 Å². The number of hydrogen-bond donors (Lipinski definition) is 1. The molecule has 0 saturated heterocycles. The third-order valence-electron chi connectivity index (χ3n) is 1.98. The maximum Gasteiger partial charge on any atom is 0.196 e. The molecule has 0 unspecified atom stereocenters. The van der Waals surface area contributed by atoms with Crippen LogP contribution in [0, 0.1) is 0 Å². The van der Waals surface area contributed by atoms with E-state index in [0.29, 0.717) is 12.8 Å². The average molecular weight is 201 g/mol. The number of carbonyl (C=O) groups excluding carboxylic acids is 2. The Morgan fingerprint density at radius 2 is 2.07 bits per heavy atom. The van der Waals surface area contributed by atoms with Gasteiger partial charge in [-0.3, -0.25) is 9.59 Å². The van der Waals surface area contributed by atoms with Crippen molar-refractivity contribution in [3.05, 3.63) is 0 Å². The molecule has 0 radical (unpaired) electrons. The topological polar surface area (TPSA) is 57.6 Å². The number of nitrogens with zero attached hydrogens (tertiary/aromatic N) is 1. The zero-order chi connectivity index (χ0) is 10.8. The minimum atomic E-state index is -0.352. The Labute approximate surface area is 84.9 Å². The molecule has 0 spiro atoms. The molecular weight excluding hydrogens is 182 g/mol. The lowest BCUT2D eigenvalue weighted by molar-refractivity contribution is -0.130. The van der Waals surface area contributed by atoms with Crippen LogP contribution in [0.5, 0.6) is 0 Å². The van der Waals surface area contributed by atoms with E-state index in [9.17, 15) is 9.59 Å². The second kappa shape index (κ2) is 8.84. The number of carbonyl (C=O) groups is 2. The van der Waals surface area contributed by atoms with Gasteiger partial charge in [-0.25, -0.2) is 0 Å². The molecule has 0 fully saturated rings. The fraction of sp³-hybridized carbons (Fsp3) is 0.800. The van der Waals surface area contributed by atoms with Crippen LogP contribution in [-0.4, -0.2) is 48.3 Å². The van der Waals surface area contributed by atoms with E-state index in [0.717, 1.165) is 25.9 Å². The first-order chi connectivity index (χ1) is 6.74. The molecule has 0 atom stereocenters. The highest BCUT2D eigenvalue weighted by atomic mass is 16.3. The molecule has 0 aliphatic rings. The van der Waals surface area contributed by atoms with Crippen LogP contribution < -0.4 is 0 Å². The first-order valence-electron chi connectivity index (χ1n) is 5.05. The van der Waals surface area contributed by atoms with E-state index in [1.165, 1.54) is 0 Å². The van der Waals surface area contributed by atoms with Gasteiger partial charge in [-0.1, -0.05) is 6.92 Å². The standard InChI is InChI=1S/C10H19NO3/c1-2-5-11(6-3-8-12)7-4-10(14)9-13/h9,12H,2-8H2,1H3. The van der Waals surface area contributed by atoms with Crippen molar-refractivity contribution in [2.45, 2.75) is 26.2 Å². The van der Waals surface area contributed by atoms with Crippen molar-refractivity contribution in [2.75, 3.05) is 26.2 Å². The van der Waals surface area contributed by atoms with Gasteiger partial charge in [-0.15, -0.1) is 0 Å². The van der Waals surface area contributed by atoms with Crippen molar-refractivity contribution in [2.24, 2.45) is 0 Å². The molecule has 0 aromatic heterocycles. The second-order valence-corrected chi connectivity index (χ2v) is 3.25. The number of Topliss-reactive ketones (excluding diaryl/α,β-unsaturated/α-hetero) is 1. The molecule has 4 nitrogen and oxygen atoms in total. The SMILES string of the molecule is CCCN(CCCO)CCC(=O)C=O. The van der Waals surface area contributed by atoms with Crippen LogP contribution in [0.25, 0.3) is 0 Å². The van der Waals surface area contributed by atoms with E-state index >= 15 is 0 Å². The molecule has 0 bridgehead atoms. The molecule has 0 aliphatic heterocycles. The zero-order valence-electron chi connectivity index (χ0n) is 8.74. The van der Waals surface area contributed by atoms with Gasteiger partial charge in [0.2, 0.25) is 0 Å². The van der Waals surface area contributed by atoms with Crippen LogP contribution in [-0.2, 0) is 9.59 Å². The Morgan fingerprint density at radius 1 is 1.36 bits per heavy atom. The van der Waals surface area contributed by atoms with E-state index in [-0.39, 0.29) is 18.8 Å². The van der Waals surface area contributed by atoms with E-state index < -0.39 is 0 Å². The molecule has 0 heterocycles. The fourth-order valence-corrected chi connectivity index (χ4v) is 1.27. The third-order valence-corrected chi connectivity index (χ3v) is 1.98. The highest BCUT2D eigenvalue weighted by Crippen LogP contribution is 1.96. The van der Waals surface area contributed by atoms with Crippen molar-refractivity contribution >= 4 is 12.1 Å². The molecule has 0 amide bonds. The average Bonchev–Trinajstić information content (AvgIpc) is 2.21. The molecule has 0 aromatic carbocycles. The van der Waals surface area contributed by atoms with Crippen LogP contribution in [0.15, 0.2) is 0 Å². The Balaban J connectivity index is 3.71. The first-order valence-corrected chi connectivity index (χ1v) is 5.05. The lowest BCUT2D eigenvalue weighted by Crippen LogP contribution is -2.29. The normalized spacial score (nSPS) is 10.5. The fourth-order valence-electron chi connectivity index (χ4n) is 1.27. The maximum absolute atomic E-state index is 10.8. The van der Waals surface area contributed by atoms with Crippen molar-refractivity contribution in [3.63, 3.8) is 0 Å². The quantitative estimate of drug-likeness (QED) is 0.429. The molecule has 0 aliphatic carbocycles. The first kappa shape index (κ1) is 13.3. The van der Waals surface area contributed by atoms with Crippen molar-refractivity contribution in [1.82, 2.24) is 4.90 Å². The summed E-state index contributed by atoms with van der Waals surface area (Å²) in [5.41, 5.74) is 0. The summed E-state index contributed by atoms with van der Waals surface area (Å²) < 4.78 is 0. The monoisotopic (exact) mass is 201 g/mol. The summed E-state index contributed by atoms with van der Waals surface area (Å²) in [5.74, 6) is -0.352. The van der Waals surface area contributed by atoms with Gasteiger partial charge in [-0.05, 0) is 19.4 Å². The zero-order valence-corrected chi connectivity index (χ0v) is 8.74. The number of aliphatic hydroxyl groups excluding tert-OH is 1. The van der Waals surface area contributed by atoms with Gasteiger partial charge in [-0.2, -0.15) is 0 Å². The summed E-state index contributed by atoms with van der Waals surface area (Å²) in [6, 6.07) is 0. The second-order valence-electron chi connectivity index (χ2n) is 3.25. The third kappa shape index (κ3) is 6.74. The molecule has 14 heavy (non-hydrogen) atoms. The van der Waals surface area contributed by atoms with Crippen LogP contribution in [0.2, 0.25) is 0 Å². The lowest BCUT2D eigenvalue weighted by atomic mass is 10.2. The Kier molecular flexibility index (Phi) is 8.37. The van der Waals surface area contributed by atoms with E-state index in [1.54, 1.807) is 0 Å². The van der Waals surface area contributed by atoms with Crippen LogP contribution in [0.3, 0.4) is 0 Å². The minimum absolute atomic E-state index is 0.168. The predicted octanol–water partition coefficient (Wildman–Crippen LogP) is 0.239. The van der Waals surface area contributed by atoms with E-state index in [4.69, 9.17) is 5.11 Å². The smallest absolute Gasteiger partial charge is 0.196 e. The highest BCUT2D eigenvalue weighted by molar-refractivity contribution is 6.24. The summed E-state index contributed by atoms with van der Waals surface area (Å²) in [7, 11) is 0.